The zero-order chi connectivity index (χ0) is 12.4. The summed E-state index contributed by atoms with van der Waals surface area (Å²) < 4.78 is 3.36. The van der Waals surface area contributed by atoms with Crippen LogP contribution in [0.25, 0.3) is 0 Å². The predicted octanol–water partition coefficient (Wildman–Crippen LogP) is 2.95. The van der Waals surface area contributed by atoms with Crippen molar-refractivity contribution in [3.63, 3.8) is 0 Å². The van der Waals surface area contributed by atoms with Crippen LogP contribution in [0.15, 0.2) is 41.1 Å². The molecule has 0 spiro atoms. The van der Waals surface area contributed by atoms with Gasteiger partial charge in [-0.1, -0.05) is 34.1 Å². The number of rotatable bonds is 5. The van der Waals surface area contributed by atoms with Gasteiger partial charge in [-0.15, -0.1) is 0 Å². The molecule has 1 heterocycles. The van der Waals surface area contributed by atoms with E-state index in [1.165, 1.54) is 18.4 Å². The molecule has 1 aliphatic rings. The zero-order valence-corrected chi connectivity index (χ0v) is 11.7. The average molecular weight is 306 g/mol. The van der Waals surface area contributed by atoms with E-state index < -0.39 is 0 Å². The molecule has 1 fully saturated rings. The molecule has 0 unspecified atom stereocenters. The van der Waals surface area contributed by atoms with Crippen molar-refractivity contribution in [3.8, 4) is 0 Å². The Balaban J connectivity index is 1.71. The van der Waals surface area contributed by atoms with Crippen LogP contribution in [0.4, 0.5) is 0 Å². The van der Waals surface area contributed by atoms with Gasteiger partial charge in [0.05, 0.1) is 6.54 Å². The maximum atomic E-state index is 4.43. The molecule has 1 saturated carbocycles. The molecule has 18 heavy (non-hydrogen) atoms. The fourth-order valence-corrected chi connectivity index (χ4v) is 2.39. The predicted molar refractivity (Wildman–Crippen MR) is 75.3 cm³/mol. The zero-order valence-electron chi connectivity index (χ0n) is 10.1. The molecule has 3 rings (SSSR count). The summed E-state index contributed by atoms with van der Waals surface area (Å²) in [5.74, 6) is 1.11. The Morgan fingerprint density at radius 1 is 1.33 bits per heavy atom. The van der Waals surface area contributed by atoms with Crippen molar-refractivity contribution in [2.45, 2.75) is 32.0 Å². The number of nitrogens with one attached hydrogen (secondary N) is 1. The van der Waals surface area contributed by atoms with Crippen molar-refractivity contribution in [1.82, 2.24) is 14.9 Å². The number of hydrogen-bond donors (Lipinski definition) is 1. The van der Waals surface area contributed by atoms with E-state index in [0.717, 1.165) is 29.4 Å². The molecular formula is C14H16BrN3. The first-order chi connectivity index (χ1) is 8.83. The Hall–Kier alpha value is -1.13. The van der Waals surface area contributed by atoms with E-state index in [1.807, 2.05) is 18.5 Å². The van der Waals surface area contributed by atoms with Crippen LogP contribution in [0, 0.1) is 0 Å². The Morgan fingerprint density at radius 3 is 2.94 bits per heavy atom. The normalized spacial score (nSPS) is 14.9. The third-order valence-corrected chi connectivity index (χ3v) is 4.00. The lowest BCUT2D eigenvalue weighted by Gasteiger charge is -2.10. The van der Waals surface area contributed by atoms with Crippen LogP contribution in [-0.2, 0) is 13.1 Å². The van der Waals surface area contributed by atoms with Gasteiger partial charge in [0, 0.05) is 29.5 Å². The number of imidazole rings is 1. The van der Waals surface area contributed by atoms with Crippen molar-refractivity contribution in [3.05, 3.63) is 52.5 Å². The Morgan fingerprint density at radius 2 is 2.17 bits per heavy atom. The van der Waals surface area contributed by atoms with Gasteiger partial charge in [-0.05, 0) is 24.5 Å². The van der Waals surface area contributed by atoms with Crippen molar-refractivity contribution < 1.29 is 0 Å². The summed E-state index contributed by atoms with van der Waals surface area (Å²) in [7, 11) is 0. The van der Waals surface area contributed by atoms with E-state index in [-0.39, 0.29) is 0 Å². The van der Waals surface area contributed by atoms with E-state index in [1.54, 1.807) is 0 Å². The first kappa shape index (κ1) is 11.9. The van der Waals surface area contributed by atoms with E-state index in [4.69, 9.17) is 0 Å². The molecule has 2 aromatic rings. The second-order valence-corrected chi connectivity index (χ2v) is 5.57. The molecule has 0 radical (unpaired) electrons. The highest BCUT2D eigenvalue weighted by atomic mass is 79.9. The minimum atomic E-state index is 0.721. The van der Waals surface area contributed by atoms with Crippen LogP contribution in [0.1, 0.15) is 24.2 Å². The lowest BCUT2D eigenvalue weighted by atomic mass is 10.2. The maximum absolute atomic E-state index is 4.43. The van der Waals surface area contributed by atoms with Crippen LogP contribution in [-0.4, -0.2) is 15.6 Å². The van der Waals surface area contributed by atoms with Gasteiger partial charge in [0.1, 0.15) is 5.82 Å². The van der Waals surface area contributed by atoms with Gasteiger partial charge in [0.2, 0.25) is 0 Å². The van der Waals surface area contributed by atoms with Gasteiger partial charge in [-0.25, -0.2) is 4.98 Å². The standard InChI is InChI=1S/C14H16BrN3/c15-13-4-2-1-3-11(13)10-18-8-7-16-14(18)9-17-12-5-6-12/h1-4,7-8,12,17H,5-6,9-10H2. The molecule has 0 atom stereocenters. The van der Waals surface area contributed by atoms with Crippen LogP contribution in [0.3, 0.4) is 0 Å². The van der Waals surface area contributed by atoms with Crippen LogP contribution in [0.5, 0.6) is 0 Å². The maximum Gasteiger partial charge on any atom is 0.122 e. The van der Waals surface area contributed by atoms with Crippen LogP contribution in [0.2, 0.25) is 0 Å². The quantitative estimate of drug-likeness (QED) is 0.920. The van der Waals surface area contributed by atoms with Crippen LogP contribution < -0.4 is 5.32 Å². The van der Waals surface area contributed by atoms with Gasteiger partial charge in [0.15, 0.2) is 0 Å². The second kappa shape index (κ2) is 5.24. The molecule has 94 valence electrons. The molecule has 0 saturated heterocycles. The number of nitrogens with zero attached hydrogens (tertiary/aromatic N) is 2. The molecule has 0 amide bonds. The Labute approximate surface area is 115 Å². The molecule has 1 aromatic heterocycles. The summed E-state index contributed by atoms with van der Waals surface area (Å²) in [5, 5.41) is 3.50. The first-order valence-electron chi connectivity index (χ1n) is 6.30. The topological polar surface area (TPSA) is 29.9 Å². The van der Waals surface area contributed by atoms with E-state index >= 15 is 0 Å². The molecular weight excluding hydrogens is 290 g/mol. The van der Waals surface area contributed by atoms with E-state index in [9.17, 15) is 0 Å². The monoisotopic (exact) mass is 305 g/mol. The minimum absolute atomic E-state index is 0.721. The lowest BCUT2D eigenvalue weighted by Crippen LogP contribution is -2.19. The third-order valence-electron chi connectivity index (χ3n) is 3.23. The molecule has 0 aliphatic heterocycles. The van der Waals surface area contributed by atoms with E-state index in [2.05, 4.69) is 49.0 Å². The highest BCUT2D eigenvalue weighted by Crippen LogP contribution is 2.20. The van der Waals surface area contributed by atoms with Crippen molar-refractivity contribution in [2.24, 2.45) is 0 Å². The van der Waals surface area contributed by atoms with Gasteiger partial charge >= 0.3 is 0 Å². The fraction of sp³-hybridized carbons (Fsp3) is 0.357. The molecule has 1 aliphatic carbocycles. The van der Waals surface area contributed by atoms with Crippen molar-refractivity contribution in [2.75, 3.05) is 0 Å². The molecule has 3 nitrogen and oxygen atoms in total. The summed E-state index contributed by atoms with van der Waals surface area (Å²) >= 11 is 3.59. The highest BCUT2D eigenvalue weighted by Gasteiger charge is 2.20. The van der Waals surface area contributed by atoms with Crippen LogP contribution >= 0.6 is 15.9 Å². The number of hydrogen-bond acceptors (Lipinski definition) is 2. The number of benzene rings is 1. The van der Waals surface area contributed by atoms with Gasteiger partial charge < -0.3 is 9.88 Å². The minimum Gasteiger partial charge on any atom is -0.329 e. The average Bonchev–Trinajstić information content (AvgIpc) is 3.10. The smallest absolute Gasteiger partial charge is 0.122 e. The van der Waals surface area contributed by atoms with Gasteiger partial charge in [0.25, 0.3) is 0 Å². The third kappa shape index (κ3) is 2.82. The molecule has 1 N–H and O–H groups in total. The van der Waals surface area contributed by atoms with Gasteiger partial charge in [-0.3, -0.25) is 0 Å². The summed E-state index contributed by atoms with van der Waals surface area (Å²) in [6, 6.07) is 9.05. The number of halogens is 1. The first-order valence-corrected chi connectivity index (χ1v) is 7.09. The second-order valence-electron chi connectivity index (χ2n) is 4.72. The molecule has 1 aromatic carbocycles. The summed E-state index contributed by atoms with van der Waals surface area (Å²) in [4.78, 5) is 4.43. The summed E-state index contributed by atoms with van der Waals surface area (Å²) in [6.07, 6.45) is 6.54. The Kier molecular flexibility index (Phi) is 3.48. The van der Waals surface area contributed by atoms with Gasteiger partial charge in [-0.2, -0.15) is 0 Å². The Bertz CT molecular complexity index is 531. The lowest BCUT2D eigenvalue weighted by molar-refractivity contribution is 0.618. The summed E-state index contributed by atoms with van der Waals surface area (Å²) in [6.45, 7) is 1.73. The highest BCUT2D eigenvalue weighted by molar-refractivity contribution is 9.10. The molecule has 0 bridgehead atoms. The number of aromatic nitrogens is 2. The largest absolute Gasteiger partial charge is 0.329 e. The van der Waals surface area contributed by atoms with E-state index in [0.29, 0.717) is 0 Å². The van der Waals surface area contributed by atoms with Crippen molar-refractivity contribution in [1.29, 1.82) is 0 Å². The molecule has 4 heteroatoms. The summed E-state index contributed by atoms with van der Waals surface area (Å²) in [5.41, 5.74) is 1.28. The fourth-order valence-electron chi connectivity index (χ4n) is 1.98. The SMILES string of the molecule is Brc1ccccc1Cn1ccnc1CNC1CC1. The van der Waals surface area contributed by atoms with Crippen molar-refractivity contribution >= 4 is 15.9 Å².